The largest absolute Gasteiger partial charge is 0.311 e. The minimum absolute atomic E-state index is 0.117. The molecular formula is C12H7BrCl2N4. The van der Waals surface area contributed by atoms with E-state index in [1.54, 1.807) is 6.33 Å². The second kappa shape index (κ2) is 5.07. The first kappa shape index (κ1) is 12.8. The molecule has 0 spiro atoms. The molecule has 0 bridgehead atoms. The van der Waals surface area contributed by atoms with Crippen molar-refractivity contribution in [2.45, 2.75) is 6.54 Å². The molecule has 0 aliphatic carbocycles. The molecule has 7 heteroatoms. The smallest absolute Gasteiger partial charge is 0.225 e. The number of imidazole rings is 1. The summed E-state index contributed by atoms with van der Waals surface area (Å²) in [5.41, 5.74) is 2.30. The van der Waals surface area contributed by atoms with Gasteiger partial charge in [0.1, 0.15) is 5.52 Å². The van der Waals surface area contributed by atoms with E-state index in [-0.39, 0.29) is 10.4 Å². The van der Waals surface area contributed by atoms with Crippen molar-refractivity contribution in [1.82, 2.24) is 19.5 Å². The van der Waals surface area contributed by atoms with Gasteiger partial charge in [0, 0.05) is 4.47 Å². The van der Waals surface area contributed by atoms with Gasteiger partial charge in [0.05, 0.1) is 12.9 Å². The maximum atomic E-state index is 5.99. The van der Waals surface area contributed by atoms with Gasteiger partial charge in [-0.05, 0) is 23.2 Å². The Hall–Kier alpha value is -1.17. The first-order valence-corrected chi connectivity index (χ1v) is 6.97. The Kier molecular flexibility index (Phi) is 3.43. The van der Waals surface area contributed by atoms with Crippen molar-refractivity contribution in [2.75, 3.05) is 0 Å². The van der Waals surface area contributed by atoms with Crippen LogP contribution in [0.1, 0.15) is 5.56 Å². The highest BCUT2D eigenvalue weighted by molar-refractivity contribution is 9.10. The molecule has 0 fully saturated rings. The van der Waals surface area contributed by atoms with Crippen LogP contribution in [0.25, 0.3) is 11.2 Å². The molecular weight excluding hydrogens is 351 g/mol. The average molecular weight is 358 g/mol. The second-order valence-electron chi connectivity index (χ2n) is 3.92. The normalized spacial score (nSPS) is 11.1. The lowest BCUT2D eigenvalue weighted by Gasteiger charge is -2.06. The first-order chi connectivity index (χ1) is 9.15. The number of hydrogen-bond donors (Lipinski definition) is 0. The lowest BCUT2D eigenvalue weighted by molar-refractivity contribution is 0.810. The molecule has 0 aliphatic heterocycles. The monoisotopic (exact) mass is 356 g/mol. The number of fused-ring (bicyclic) bond motifs is 1. The van der Waals surface area contributed by atoms with Crippen molar-refractivity contribution < 1.29 is 0 Å². The number of benzene rings is 1. The summed E-state index contributed by atoms with van der Waals surface area (Å²) in [7, 11) is 0. The van der Waals surface area contributed by atoms with Crippen LogP contribution in [0.5, 0.6) is 0 Å². The van der Waals surface area contributed by atoms with Crippen molar-refractivity contribution in [3.05, 3.63) is 51.1 Å². The van der Waals surface area contributed by atoms with Crippen LogP contribution >= 0.6 is 39.1 Å². The van der Waals surface area contributed by atoms with Crippen molar-refractivity contribution in [2.24, 2.45) is 0 Å². The summed E-state index contributed by atoms with van der Waals surface area (Å²) in [6.07, 6.45) is 1.68. The zero-order chi connectivity index (χ0) is 13.4. The molecule has 0 radical (unpaired) electrons. The molecule has 0 saturated carbocycles. The fraction of sp³-hybridized carbons (Fsp3) is 0.0833. The zero-order valence-electron chi connectivity index (χ0n) is 9.52. The van der Waals surface area contributed by atoms with Crippen LogP contribution in [0.2, 0.25) is 10.4 Å². The van der Waals surface area contributed by atoms with E-state index in [9.17, 15) is 0 Å². The predicted octanol–water partition coefficient (Wildman–Crippen LogP) is 3.94. The molecule has 4 nitrogen and oxygen atoms in total. The number of nitrogens with zero attached hydrogens (tertiary/aromatic N) is 4. The molecule has 0 N–H and O–H groups in total. The van der Waals surface area contributed by atoms with E-state index in [0.717, 1.165) is 10.0 Å². The van der Waals surface area contributed by atoms with Crippen molar-refractivity contribution in [3.63, 3.8) is 0 Å². The van der Waals surface area contributed by atoms with Gasteiger partial charge in [0.2, 0.25) is 5.28 Å². The molecule has 0 saturated heterocycles. The summed E-state index contributed by atoms with van der Waals surface area (Å²) >= 11 is 15.3. The molecule has 0 amide bonds. The fourth-order valence-electron chi connectivity index (χ4n) is 1.81. The summed E-state index contributed by atoms with van der Waals surface area (Å²) in [6.45, 7) is 0.627. The second-order valence-corrected chi connectivity index (χ2v) is 5.47. The van der Waals surface area contributed by atoms with E-state index in [1.165, 1.54) is 0 Å². The summed E-state index contributed by atoms with van der Waals surface area (Å²) in [4.78, 5) is 12.3. The topological polar surface area (TPSA) is 43.6 Å². The van der Waals surface area contributed by atoms with E-state index in [0.29, 0.717) is 17.7 Å². The van der Waals surface area contributed by atoms with Gasteiger partial charge in [-0.2, -0.15) is 4.98 Å². The summed E-state index contributed by atoms with van der Waals surface area (Å²) in [5, 5.41) is 0.382. The third kappa shape index (κ3) is 2.45. The summed E-state index contributed by atoms with van der Waals surface area (Å²) in [5.74, 6) is 0. The molecule has 0 unspecified atom stereocenters. The van der Waals surface area contributed by atoms with E-state index < -0.39 is 0 Å². The van der Waals surface area contributed by atoms with Gasteiger partial charge < -0.3 is 4.57 Å². The number of rotatable bonds is 2. The molecule has 0 atom stereocenters. The van der Waals surface area contributed by atoms with Gasteiger partial charge in [-0.1, -0.05) is 45.7 Å². The average Bonchev–Trinajstić information content (AvgIpc) is 2.76. The highest BCUT2D eigenvalue weighted by Crippen LogP contribution is 2.23. The Morgan fingerprint density at radius 1 is 1.16 bits per heavy atom. The third-order valence-corrected chi connectivity index (χ3v) is 3.90. The SMILES string of the molecule is Clc1nc(Cl)c2ncn(Cc3ccccc3Br)c2n1. The Morgan fingerprint density at radius 3 is 2.74 bits per heavy atom. The first-order valence-electron chi connectivity index (χ1n) is 5.42. The van der Waals surface area contributed by atoms with Gasteiger partial charge in [0.15, 0.2) is 10.8 Å². The number of aromatic nitrogens is 4. The maximum absolute atomic E-state index is 5.99. The van der Waals surface area contributed by atoms with Crippen molar-refractivity contribution >= 4 is 50.3 Å². The molecule has 0 aliphatic rings. The van der Waals surface area contributed by atoms with E-state index in [2.05, 4.69) is 30.9 Å². The molecule has 96 valence electrons. The van der Waals surface area contributed by atoms with Gasteiger partial charge in [-0.25, -0.2) is 9.97 Å². The van der Waals surface area contributed by atoms with Crippen LogP contribution in [0.4, 0.5) is 0 Å². The van der Waals surface area contributed by atoms with Gasteiger partial charge in [-0.3, -0.25) is 0 Å². The van der Waals surface area contributed by atoms with Crippen molar-refractivity contribution in [3.8, 4) is 0 Å². The quantitative estimate of drug-likeness (QED) is 0.515. The van der Waals surface area contributed by atoms with Crippen LogP contribution < -0.4 is 0 Å². The van der Waals surface area contributed by atoms with Crippen LogP contribution in [0.3, 0.4) is 0 Å². The Bertz CT molecular complexity index is 757. The zero-order valence-corrected chi connectivity index (χ0v) is 12.6. The molecule has 1 aromatic carbocycles. The standard InChI is InChI=1S/C12H7BrCl2N4/c13-8-4-2-1-3-7(8)5-19-6-16-9-10(14)17-12(15)18-11(9)19/h1-4,6H,5H2. The van der Waals surface area contributed by atoms with E-state index in [4.69, 9.17) is 23.2 Å². The minimum atomic E-state index is 0.117. The summed E-state index contributed by atoms with van der Waals surface area (Å²) in [6, 6.07) is 7.97. The molecule has 2 heterocycles. The molecule has 19 heavy (non-hydrogen) atoms. The maximum Gasteiger partial charge on any atom is 0.225 e. The molecule has 3 aromatic rings. The van der Waals surface area contributed by atoms with Crippen LogP contribution in [-0.4, -0.2) is 19.5 Å². The van der Waals surface area contributed by atoms with Gasteiger partial charge >= 0.3 is 0 Å². The Morgan fingerprint density at radius 2 is 1.95 bits per heavy atom. The molecule has 3 rings (SSSR count). The van der Waals surface area contributed by atoms with Crippen molar-refractivity contribution in [1.29, 1.82) is 0 Å². The Labute approximate surface area is 127 Å². The van der Waals surface area contributed by atoms with Gasteiger partial charge in [0.25, 0.3) is 0 Å². The highest BCUT2D eigenvalue weighted by Gasteiger charge is 2.11. The van der Waals surface area contributed by atoms with Crippen LogP contribution in [0, 0.1) is 0 Å². The minimum Gasteiger partial charge on any atom is -0.311 e. The van der Waals surface area contributed by atoms with Gasteiger partial charge in [-0.15, -0.1) is 0 Å². The Balaban J connectivity index is 2.09. The molecule has 2 aromatic heterocycles. The van der Waals surface area contributed by atoms with Crippen LogP contribution in [-0.2, 0) is 6.54 Å². The van der Waals surface area contributed by atoms with Crippen LogP contribution in [0.15, 0.2) is 35.1 Å². The predicted molar refractivity (Wildman–Crippen MR) is 78.6 cm³/mol. The number of halogens is 3. The van der Waals surface area contributed by atoms with E-state index in [1.807, 2.05) is 28.8 Å². The fourth-order valence-corrected chi connectivity index (χ4v) is 2.64. The lowest BCUT2D eigenvalue weighted by Crippen LogP contribution is -2.00. The van der Waals surface area contributed by atoms with E-state index >= 15 is 0 Å². The highest BCUT2D eigenvalue weighted by atomic mass is 79.9. The third-order valence-electron chi connectivity index (χ3n) is 2.69. The number of hydrogen-bond acceptors (Lipinski definition) is 3. The lowest BCUT2D eigenvalue weighted by atomic mass is 10.2. The summed E-state index contributed by atoms with van der Waals surface area (Å²) < 4.78 is 2.91.